The fourth-order valence-corrected chi connectivity index (χ4v) is 3.08. The topological polar surface area (TPSA) is 56.3 Å². The van der Waals surface area contributed by atoms with Crippen LogP contribution in [0.1, 0.15) is 17.7 Å². The van der Waals surface area contributed by atoms with Crippen LogP contribution < -0.4 is 10.1 Å². The Morgan fingerprint density at radius 3 is 2.75 bits per heavy atom. The van der Waals surface area contributed by atoms with E-state index in [4.69, 9.17) is 9.47 Å². The molecule has 1 saturated heterocycles. The van der Waals surface area contributed by atoms with Crippen molar-refractivity contribution < 1.29 is 9.47 Å². The normalized spacial score (nSPS) is 15.8. The standard InChI is InChI=1S/C23H25N3O2/c1-2-4-18(5-3-1)16-27-11-8-21-12-19(6-9-25-21)20-13-23(15-24-14-20)28-17-22-7-10-26-22/h1-6,9,12-15,22,26H,7-8,10-11,16-17H2. The molecule has 4 rings (SSSR count). The Morgan fingerprint density at radius 1 is 1.04 bits per heavy atom. The van der Waals surface area contributed by atoms with E-state index in [0.717, 1.165) is 35.5 Å². The SMILES string of the molecule is c1ccc(COCCc2cc(-c3cncc(OCC4CCN4)c3)ccn2)cc1. The van der Waals surface area contributed by atoms with Crippen molar-refractivity contribution >= 4 is 0 Å². The molecule has 1 aromatic carbocycles. The maximum absolute atomic E-state index is 5.86. The molecule has 5 nitrogen and oxygen atoms in total. The van der Waals surface area contributed by atoms with E-state index in [0.29, 0.717) is 25.9 Å². The Bertz CT molecular complexity index is 882. The largest absolute Gasteiger partial charge is 0.490 e. The van der Waals surface area contributed by atoms with Crippen LogP contribution >= 0.6 is 0 Å². The maximum atomic E-state index is 5.86. The Kier molecular flexibility index (Phi) is 6.27. The first kappa shape index (κ1) is 18.6. The predicted octanol–water partition coefficient (Wildman–Crippen LogP) is 3.64. The van der Waals surface area contributed by atoms with Crippen molar-refractivity contribution in [2.75, 3.05) is 19.8 Å². The van der Waals surface area contributed by atoms with Crippen molar-refractivity contribution in [2.45, 2.75) is 25.5 Å². The first-order valence-corrected chi connectivity index (χ1v) is 9.75. The zero-order valence-electron chi connectivity index (χ0n) is 15.9. The smallest absolute Gasteiger partial charge is 0.138 e. The van der Waals surface area contributed by atoms with Gasteiger partial charge in [-0.25, -0.2) is 0 Å². The van der Waals surface area contributed by atoms with Crippen molar-refractivity contribution in [3.8, 4) is 16.9 Å². The molecular weight excluding hydrogens is 350 g/mol. The molecule has 0 bridgehead atoms. The summed E-state index contributed by atoms with van der Waals surface area (Å²) >= 11 is 0. The molecule has 1 atom stereocenters. The average molecular weight is 375 g/mol. The minimum Gasteiger partial charge on any atom is -0.490 e. The highest BCUT2D eigenvalue weighted by Gasteiger charge is 2.16. The van der Waals surface area contributed by atoms with E-state index in [2.05, 4.69) is 33.5 Å². The second-order valence-electron chi connectivity index (χ2n) is 6.98. The molecule has 0 aliphatic carbocycles. The van der Waals surface area contributed by atoms with Crippen molar-refractivity contribution in [1.29, 1.82) is 0 Å². The lowest BCUT2D eigenvalue weighted by Gasteiger charge is -2.27. The fourth-order valence-electron chi connectivity index (χ4n) is 3.08. The van der Waals surface area contributed by atoms with E-state index >= 15 is 0 Å². The summed E-state index contributed by atoms with van der Waals surface area (Å²) in [5.74, 6) is 0.802. The van der Waals surface area contributed by atoms with Gasteiger partial charge in [0.25, 0.3) is 0 Å². The van der Waals surface area contributed by atoms with E-state index in [9.17, 15) is 0 Å². The Balaban J connectivity index is 1.32. The molecule has 3 aromatic rings. The Hall–Kier alpha value is -2.76. The number of nitrogens with zero attached hydrogens (tertiary/aromatic N) is 2. The molecular formula is C23H25N3O2. The molecule has 2 aromatic heterocycles. The molecule has 5 heteroatoms. The number of benzene rings is 1. The maximum Gasteiger partial charge on any atom is 0.138 e. The van der Waals surface area contributed by atoms with Crippen LogP contribution in [-0.2, 0) is 17.8 Å². The number of hydrogen-bond donors (Lipinski definition) is 1. The van der Waals surface area contributed by atoms with Crippen LogP contribution in [0.25, 0.3) is 11.1 Å². The zero-order chi connectivity index (χ0) is 19.0. The molecule has 3 heterocycles. The molecule has 144 valence electrons. The van der Waals surface area contributed by atoms with E-state index in [1.807, 2.05) is 42.7 Å². The van der Waals surface area contributed by atoms with Crippen LogP contribution in [0.3, 0.4) is 0 Å². The molecule has 0 spiro atoms. The molecule has 0 saturated carbocycles. The van der Waals surface area contributed by atoms with Gasteiger partial charge >= 0.3 is 0 Å². The van der Waals surface area contributed by atoms with Crippen molar-refractivity contribution in [2.24, 2.45) is 0 Å². The highest BCUT2D eigenvalue weighted by atomic mass is 16.5. The molecule has 1 fully saturated rings. The van der Waals surface area contributed by atoms with Gasteiger partial charge in [-0.2, -0.15) is 0 Å². The molecule has 0 radical (unpaired) electrons. The van der Waals surface area contributed by atoms with E-state index in [-0.39, 0.29) is 0 Å². The Labute approximate surface area is 165 Å². The predicted molar refractivity (Wildman–Crippen MR) is 109 cm³/mol. The summed E-state index contributed by atoms with van der Waals surface area (Å²) in [5.41, 5.74) is 4.32. The first-order chi connectivity index (χ1) is 13.9. The molecule has 1 N–H and O–H groups in total. The molecule has 28 heavy (non-hydrogen) atoms. The molecule has 0 amide bonds. The van der Waals surface area contributed by atoms with E-state index in [1.165, 1.54) is 12.0 Å². The van der Waals surface area contributed by atoms with Gasteiger partial charge in [-0.3, -0.25) is 9.97 Å². The summed E-state index contributed by atoms with van der Waals surface area (Å²) in [5, 5.41) is 3.34. The third-order valence-electron chi connectivity index (χ3n) is 4.85. The van der Waals surface area contributed by atoms with Crippen LogP contribution in [0, 0.1) is 0 Å². The van der Waals surface area contributed by atoms with Gasteiger partial charge in [-0.15, -0.1) is 0 Å². The van der Waals surface area contributed by atoms with Crippen LogP contribution in [0.15, 0.2) is 67.1 Å². The fraction of sp³-hybridized carbons (Fsp3) is 0.304. The summed E-state index contributed by atoms with van der Waals surface area (Å²) in [6.07, 6.45) is 7.42. The van der Waals surface area contributed by atoms with Gasteiger partial charge in [0.1, 0.15) is 12.4 Å². The van der Waals surface area contributed by atoms with Crippen LogP contribution in [-0.4, -0.2) is 35.8 Å². The van der Waals surface area contributed by atoms with Crippen LogP contribution in [0.5, 0.6) is 5.75 Å². The van der Waals surface area contributed by atoms with Gasteiger partial charge in [0, 0.05) is 36.1 Å². The summed E-state index contributed by atoms with van der Waals surface area (Å²) in [4.78, 5) is 8.80. The van der Waals surface area contributed by atoms with Gasteiger partial charge in [0.05, 0.1) is 19.4 Å². The van der Waals surface area contributed by atoms with Gasteiger partial charge in [0.15, 0.2) is 0 Å². The van der Waals surface area contributed by atoms with Gasteiger partial charge in [0.2, 0.25) is 0 Å². The van der Waals surface area contributed by atoms with Crippen LogP contribution in [0.4, 0.5) is 0 Å². The number of rotatable bonds is 9. The van der Waals surface area contributed by atoms with Crippen molar-refractivity contribution in [3.63, 3.8) is 0 Å². The van der Waals surface area contributed by atoms with Gasteiger partial charge < -0.3 is 14.8 Å². The highest BCUT2D eigenvalue weighted by Crippen LogP contribution is 2.23. The molecule has 1 aliphatic heterocycles. The number of nitrogens with one attached hydrogen (secondary N) is 1. The van der Waals surface area contributed by atoms with Crippen molar-refractivity contribution in [1.82, 2.24) is 15.3 Å². The summed E-state index contributed by atoms with van der Waals surface area (Å²) in [6, 6.07) is 16.8. The average Bonchev–Trinajstić information content (AvgIpc) is 2.71. The quantitative estimate of drug-likeness (QED) is 0.579. The summed E-state index contributed by atoms with van der Waals surface area (Å²) in [7, 11) is 0. The van der Waals surface area contributed by atoms with Gasteiger partial charge in [-0.05, 0) is 42.3 Å². The zero-order valence-corrected chi connectivity index (χ0v) is 15.9. The third-order valence-corrected chi connectivity index (χ3v) is 4.85. The Morgan fingerprint density at radius 2 is 1.93 bits per heavy atom. The summed E-state index contributed by atoms with van der Waals surface area (Å²) in [6.45, 7) is 3.04. The number of hydrogen-bond acceptors (Lipinski definition) is 5. The van der Waals surface area contributed by atoms with E-state index < -0.39 is 0 Å². The van der Waals surface area contributed by atoms with Gasteiger partial charge in [-0.1, -0.05) is 30.3 Å². The lowest BCUT2D eigenvalue weighted by Crippen LogP contribution is -2.46. The lowest BCUT2D eigenvalue weighted by molar-refractivity contribution is 0.123. The number of ether oxygens (including phenoxy) is 2. The first-order valence-electron chi connectivity index (χ1n) is 9.75. The monoisotopic (exact) mass is 375 g/mol. The molecule has 1 unspecified atom stereocenters. The second-order valence-corrected chi connectivity index (χ2v) is 6.98. The van der Waals surface area contributed by atoms with E-state index in [1.54, 1.807) is 6.20 Å². The number of pyridine rings is 2. The third kappa shape index (κ3) is 5.15. The minimum atomic E-state index is 0.465. The lowest BCUT2D eigenvalue weighted by atomic mass is 10.1. The number of aromatic nitrogens is 2. The minimum absolute atomic E-state index is 0.465. The highest BCUT2D eigenvalue weighted by molar-refractivity contribution is 5.63. The van der Waals surface area contributed by atoms with Crippen LogP contribution in [0.2, 0.25) is 0 Å². The second kappa shape index (κ2) is 9.44. The van der Waals surface area contributed by atoms with Crippen molar-refractivity contribution in [3.05, 3.63) is 78.4 Å². The summed E-state index contributed by atoms with van der Waals surface area (Å²) < 4.78 is 11.6. The molecule has 1 aliphatic rings.